The van der Waals surface area contributed by atoms with Gasteiger partial charge in [-0.25, -0.2) is 13.8 Å². The third-order valence-electron chi connectivity index (χ3n) is 3.00. The molecule has 0 spiro atoms. The van der Waals surface area contributed by atoms with Gasteiger partial charge >= 0.3 is 0 Å². The van der Waals surface area contributed by atoms with Crippen molar-refractivity contribution in [2.45, 2.75) is 12.6 Å². The van der Waals surface area contributed by atoms with E-state index in [0.29, 0.717) is 12.4 Å². The predicted molar refractivity (Wildman–Crippen MR) is 73.8 cm³/mol. The fourth-order valence-corrected chi connectivity index (χ4v) is 1.91. The van der Waals surface area contributed by atoms with Gasteiger partial charge in [0, 0.05) is 37.0 Å². The summed E-state index contributed by atoms with van der Waals surface area (Å²) in [4.78, 5) is 3.98. The summed E-state index contributed by atoms with van der Waals surface area (Å²) in [6.45, 7) is 0.617. The third kappa shape index (κ3) is 4.21. The quantitative estimate of drug-likeness (QED) is 0.857. The van der Waals surface area contributed by atoms with Crippen LogP contribution >= 0.6 is 0 Å². The summed E-state index contributed by atoms with van der Waals surface area (Å²) in [6.07, 6.45) is 0.570. The molecule has 2 aromatic rings. The second-order valence-corrected chi connectivity index (χ2v) is 4.52. The zero-order valence-corrected chi connectivity index (χ0v) is 11.5. The predicted octanol–water partition coefficient (Wildman–Crippen LogP) is 2.19. The van der Waals surface area contributed by atoms with Gasteiger partial charge in [-0.05, 0) is 17.7 Å². The second kappa shape index (κ2) is 7.10. The third-order valence-corrected chi connectivity index (χ3v) is 3.00. The first-order valence-electron chi connectivity index (χ1n) is 6.43. The van der Waals surface area contributed by atoms with Crippen molar-refractivity contribution in [1.29, 1.82) is 0 Å². The number of aromatic nitrogens is 1. The number of nitrogens with one attached hydrogen (secondary N) is 1. The molecule has 0 aliphatic heterocycles. The fourth-order valence-electron chi connectivity index (χ4n) is 1.91. The van der Waals surface area contributed by atoms with Gasteiger partial charge in [-0.15, -0.1) is 0 Å². The van der Waals surface area contributed by atoms with Crippen molar-refractivity contribution in [3.05, 3.63) is 59.3 Å². The van der Waals surface area contributed by atoms with Gasteiger partial charge < -0.3 is 15.2 Å². The number of halogens is 2. The minimum atomic E-state index is -1.05. The Labute approximate surface area is 121 Å². The highest BCUT2D eigenvalue weighted by Crippen LogP contribution is 2.17. The molecule has 1 atom stereocenters. The lowest BCUT2D eigenvalue weighted by Gasteiger charge is -2.13. The summed E-state index contributed by atoms with van der Waals surface area (Å²) in [5, 5.41) is 12.9. The van der Waals surface area contributed by atoms with Crippen LogP contribution in [0, 0.1) is 11.6 Å². The van der Waals surface area contributed by atoms with E-state index in [1.807, 2.05) is 0 Å². The van der Waals surface area contributed by atoms with Crippen LogP contribution in [0.5, 0.6) is 5.88 Å². The minimum Gasteiger partial charge on any atom is -0.481 e. The molecule has 21 heavy (non-hydrogen) atoms. The van der Waals surface area contributed by atoms with Crippen molar-refractivity contribution in [2.75, 3.05) is 13.7 Å². The number of hydrogen-bond acceptors (Lipinski definition) is 4. The average Bonchev–Trinajstić information content (AvgIpc) is 2.47. The maximum absolute atomic E-state index is 13.5. The van der Waals surface area contributed by atoms with E-state index in [0.717, 1.165) is 17.7 Å². The Morgan fingerprint density at radius 3 is 2.81 bits per heavy atom. The Bertz CT molecular complexity index is 608. The van der Waals surface area contributed by atoms with Gasteiger partial charge in [0.15, 0.2) is 0 Å². The van der Waals surface area contributed by atoms with E-state index in [-0.39, 0.29) is 12.1 Å². The summed E-state index contributed by atoms with van der Waals surface area (Å²) < 4.78 is 31.3. The second-order valence-electron chi connectivity index (χ2n) is 4.52. The molecule has 1 heterocycles. The van der Waals surface area contributed by atoms with Crippen molar-refractivity contribution >= 4 is 0 Å². The monoisotopic (exact) mass is 294 g/mol. The molecule has 0 bridgehead atoms. The molecular formula is C15H16F2N2O2. The summed E-state index contributed by atoms with van der Waals surface area (Å²) >= 11 is 0. The highest BCUT2D eigenvalue weighted by Gasteiger charge is 2.13. The Balaban J connectivity index is 1.90. The van der Waals surface area contributed by atoms with Gasteiger partial charge in [-0.3, -0.25) is 0 Å². The number of aliphatic hydroxyl groups is 1. The molecule has 0 saturated heterocycles. The molecule has 0 fully saturated rings. The van der Waals surface area contributed by atoms with E-state index < -0.39 is 17.7 Å². The first kappa shape index (κ1) is 15.3. The van der Waals surface area contributed by atoms with Crippen molar-refractivity contribution in [3.8, 4) is 5.88 Å². The first-order chi connectivity index (χ1) is 10.1. The van der Waals surface area contributed by atoms with E-state index in [1.165, 1.54) is 13.2 Å². The summed E-state index contributed by atoms with van der Waals surface area (Å²) in [7, 11) is 1.53. The fraction of sp³-hybridized carbons (Fsp3) is 0.267. The van der Waals surface area contributed by atoms with Crippen LogP contribution in [0.25, 0.3) is 0 Å². The molecule has 0 amide bonds. The number of hydrogen-bond donors (Lipinski definition) is 2. The zero-order chi connectivity index (χ0) is 15.2. The maximum Gasteiger partial charge on any atom is 0.213 e. The number of ether oxygens (including phenoxy) is 1. The van der Waals surface area contributed by atoms with Gasteiger partial charge in [0.25, 0.3) is 0 Å². The van der Waals surface area contributed by atoms with Crippen LogP contribution in [0.3, 0.4) is 0 Å². The van der Waals surface area contributed by atoms with Crippen LogP contribution in [0.4, 0.5) is 8.78 Å². The standard InChI is InChI=1S/C15H16F2N2O2/c1-21-15-6-10(4-5-19-15)8-18-9-14(20)12-3-2-11(16)7-13(12)17/h2-7,14,18,20H,8-9H2,1H3. The van der Waals surface area contributed by atoms with Gasteiger partial charge in [0.2, 0.25) is 5.88 Å². The van der Waals surface area contributed by atoms with E-state index in [1.54, 1.807) is 18.3 Å². The number of rotatable bonds is 6. The van der Waals surface area contributed by atoms with Crippen molar-refractivity contribution in [3.63, 3.8) is 0 Å². The lowest BCUT2D eigenvalue weighted by molar-refractivity contribution is 0.169. The summed E-state index contributed by atoms with van der Waals surface area (Å²) in [6, 6.07) is 6.69. The van der Waals surface area contributed by atoms with Crippen LogP contribution in [-0.2, 0) is 6.54 Å². The maximum atomic E-state index is 13.5. The molecule has 0 aliphatic carbocycles. The van der Waals surface area contributed by atoms with Gasteiger partial charge in [0.1, 0.15) is 11.6 Å². The number of aliphatic hydroxyl groups excluding tert-OH is 1. The molecule has 1 aromatic heterocycles. The van der Waals surface area contributed by atoms with E-state index in [4.69, 9.17) is 4.74 Å². The van der Waals surface area contributed by atoms with Gasteiger partial charge in [-0.1, -0.05) is 6.07 Å². The Morgan fingerprint density at radius 1 is 1.29 bits per heavy atom. The highest BCUT2D eigenvalue weighted by molar-refractivity contribution is 5.22. The van der Waals surface area contributed by atoms with E-state index >= 15 is 0 Å². The molecule has 0 radical (unpaired) electrons. The lowest BCUT2D eigenvalue weighted by Crippen LogP contribution is -2.21. The average molecular weight is 294 g/mol. The van der Waals surface area contributed by atoms with E-state index in [2.05, 4.69) is 10.3 Å². The zero-order valence-electron chi connectivity index (χ0n) is 11.5. The molecule has 112 valence electrons. The van der Waals surface area contributed by atoms with Gasteiger partial charge in [0.05, 0.1) is 13.2 Å². The number of methoxy groups -OCH3 is 1. The van der Waals surface area contributed by atoms with Crippen LogP contribution in [0.1, 0.15) is 17.2 Å². The molecular weight excluding hydrogens is 278 g/mol. The highest BCUT2D eigenvalue weighted by atomic mass is 19.1. The molecule has 1 aromatic carbocycles. The van der Waals surface area contributed by atoms with Crippen LogP contribution in [-0.4, -0.2) is 23.7 Å². The van der Waals surface area contributed by atoms with Crippen LogP contribution < -0.4 is 10.1 Å². The smallest absolute Gasteiger partial charge is 0.213 e. The number of pyridine rings is 1. The van der Waals surface area contributed by atoms with Crippen LogP contribution in [0.2, 0.25) is 0 Å². The van der Waals surface area contributed by atoms with Crippen molar-refractivity contribution in [2.24, 2.45) is 0 Å². The topological polar surface area (TPSA) is 54.4 Å². The first-order valence-corrected chi connectivity index (χ1v) is 6.43. The summed E-state index contributed by atoms with van der Waals surface area (Å²) in [5.74, 6) is -0.922. The molecule has 2 rings (SSSR count). The SMILES string of the molecule is COc1cc(CNCC(O)c2ccc(F)cc2F)ccn1. The molecule has 1 unspecified atom stereocenters. The van der Waals surface area contributed by atoms with Crippen molar-refractivity contribution < 1.29 is 18.6 Å². The molecule has 6 heteroatoms. The molecule has 2 N–H and O–H groups in total. The Morgan fingerprint density at radius 2 is 2.10 bits per heavy atom. The molecule has 0 saturated carbocycles. The van der Waals surface area contributed by atoms with E-state index in [9.17, 15) is 13.9 Å². The number of nitrogens with zero attached hydrogens (tertiary/aromatic N) is 1. The Hall–Kier alpha value is -2.05. The lowest BCUT2D eigenvalue weighted by atomic mass is 10.1. The Kier molecular flexibility index (Phi) is 5.19. The summed E-state index contributed by atoms with van der Waals surface area (Å²) in [5.41, 5.74) is 0.991. The largest absolute Gasteiger partial charge is 0.481 e. The molecule has 4 nitrogen and oxygen atoms in total. The number of benzene rings is 1. The molecule has 0 aliphatic rings. The normalized spacial score (nSPS) is 12.2. The van der Waals surface area contributed by atoms with Crippen molar-refractivity contribution in [1.82, 2.24) is 10.3 Å². The van der Waals surface area contributed by atoms with Crippen LogP contribution in [0.15, 0.2) is 36.5 Å². The minimum absolute atomic E-state index is 0.0659. The van der Waals surface area contributed by atoms with Gasteiger partial charge in [-0.2, -0.15) is 0 Å².